The van der Waals surface area contributed by atoms with Crippen LogP contribution in [0.5, 0.6) is 0 Å². The van der Waals surface area contributed by atoms with E-state index in [0.29, 0.717) is 0 Å². The molecule has 0 spiro atoms. The van der Waals surface area contributed by atoms with Crippen molar-refractivity contribution in [2.45, 2.75) is 0 Å². The molecule has 0 aliphatic heterocycles. The molecule has 3 aromatic heterocycles. The zero-order chi connectivity index (χ0) is 23.2. The summed E-state index contributed by atoms with van der Waals surface area (Å²) in [6.45, 7) is 0. The van der Waals surface area contributed by atoms with E-state index in [1.54, 1.807) is 12.5 Å². The van der Waals surface area contributed by atoms with E-state index in [1.807, 2.05) is 30.5 Å². The Labute approximate surface area is 202 Å². The van der Waals surface area contributed by atoms with Crippen LogP contribution in [0.1, 0.15) is 0 Å². The van der Waals surface area contributed by atoms with Crippen molar-refractivity contribution in [2.24, 2.45) is 0 Å². The molecule has 0 N–H and O–H groups in total. The van der Waals surface area contributed by atoms with Gasteiger partial charge in [-0.25, -0.2) is 0 Å². The number of hydrogen-bond donors (Lipinski definition) is 0. The lowest BCUT2D eigenvalue weighted by atomic mass is 9.93. The molecule has 0 radical (unpaired) electrons. The number of aromatic nitrogens is 2. The minimum atomic E-state index is 0.807. The summed E-state index contributed by atoms with van der Waals surface area (Å²) in [7, 11) is 0. The first-order chi connectivity index (χ1) is 17.3. The van der Waals surface area contributed by atoms with E-state index in [4.69, 9.17) is 9.40 Å². The average Bonchev–Trinajstić information content (AvgIpc) is 3.42. The lowest BCUT2D eigenvalue weighted by Crippen LogP contribution is -1.92. The van der Waals surface area contributed by atoms with E-state index in [9.17, 15) is 0 Å². The molecule has 3 heteroatoms. The topological polar surface area (TPSA) is 38.9 Å². The second-order valence-electron chi connectivity index (χ2n) is 8.70. The highest BCUT2D eigenvalue weighted by molar-refractivity contribution is 6.10. The molecule has 0 saturated heterocycles. The summed E-state index contributed by atoms with van der Waals surface area (Å²) in [6, 6.07) is 36.1. The molecule has 0 atom stereocenters. The quantitative estimate of drug-likeness (QED) is 0.272. The Morgan fingerprint density at radius 1 is 0.514 bits per heavy atom. The molecule has 3 heterocycles. The minimum Gasteiger partial charge on any atom is -0.462 e. The molecular formula is C32H20N2O. The standard InChI is InChI=1S/C32H20N2O/c1-2-6-21(7-3-1)22-10-11-24-19-25(13-12-23(24)18-22)27-8-4-15-33-30(27)29-20-26-14-17-35-32(26)31-28(29)9-5-16-34-31/h1-20H. The Hall–Kier alpha value is -4.76. The largest absolute Gasteiger partial charge is 0.462 e. The van der Waals surface area contributed by atoms with Gasteiger partial charge in [-0.1, -0.05) is 66.7 Å². The first-order valence-corrected chi connectivity index (χ1v) is 11.7. The minimum absolute atomic E-state index is 0.807. The van der Waals surface area contributed by atoms with Gasteiger partial charge in [-0.15, -0.1) is 0 Å². The van der Waals surface area contributed by atoms with Gasteiger partial charge >= 0.3 is 0 Å². The first kappa shape index (κ1) is 19.7. The number of furan rings is 1. The smallest absolute Gasteiger partial charge is 0.160 e. The fourth-order valence-corrected chi connectivity index (χ4v) is 4.93. The molecule has 3 nitrogen and oxygen atoms in total. The van der Waals surface area contributed by atoms with Crippen LogP contribution in [0.3, 0.4) is 0 Å². The van der Waals surface area contributed by atoms with Crippen LogP contribution in [0.25, 0.3) is 66.2 Å². The summed E-state index contributed by atoms with van der Waals surface area (Å²) in [5.74, 6) is 0. The predicted molar refractivity (Wildman–Crippen MR) is 143 cm³/mol. The van der Waals surface area contributed by atoms with Crippen molar-refractivity contribution in [3.8, 4) is 33.5 Å². The summed E-state index contributed by atoms with van der Waals surface area (Å²) in [5.41, 5.74) is 8.33. The Kier molecular flexibility index (Phi) is 4.46. The van der Waals surface area contributed by atoms with Crippen LogP contribution in [0.2, 0.25) is 0 Å². The third-order valence-electron chi connectivity index (χ3n) is 6.63. The van der Waals surface area contributed by atoms with Crippen molar-refractivity contribution in [1.29, 1.82) is 0 Å². The molecule has 0 bridgehead atoms. The third kappa shape index (κ3) is 3.29. The molecule has 0 aliphatic carbocycles. The number of rotatable bonds is 3. The highest BCUT2D eigenvalue weighted by Crippen LogP contribution is 2.38. The van der Waals surface area contributed by atoms with Crippen LogP contribution in [0.4, 0.5) is 0 Å². The monoisotopic (exact) mass is 448 g/mol. The van der Waals surface area contributed by atoms with Gasteiger partial charge in [-0.3, -0.25) is 9.97 Å². The van der Waals surface area contributed by atoms with Gasteiger partial charge in [0.25, 0.3) is 0 Å². The van der Waals surface area contributed by atoms with Crippen LogP contribution in [-0.4, -0.2) is 9.97 Å². The number of nitrogens with zero attached hydrogens (tertiary/aromatic N) is 2. The van der Waals surface area contributed by atoms with Crippen molar-refractivity contribution < 1.29 is 4.42 Å². The SMILES string of the molecule is c1ccc(-c2ccc3cc(-c4cccnc4-c4cc5ccoc5c5ncccc45)ccc3c2)cc1. The summed E-state index contributed by atoms with van der Waals surface area (Å²) in [4.78, 5) is 9.46. The highest BCUT2D eigenvalue weighted by Gasteiger charge is 2.16. The molecule has 164 valence electrons. The normalized spacial score (nSPS) is 11.4. The van der Waals surface area contributed by atoms with Gasteiger partial charge in [0.05, 0.1) is 12.0 Å². The van der Waals surface area contributed by atoms with E-state index < -0.39 is 0 Å². The predicted octanol–water partition coefficient (Wildman–Crippen LogP) is 8.53. The lowest BCUT2D eigenvalue weighted by Gasteiger charge is -2.13. The zero-order valence-electron chi connectivity index (χ0n) is 18.8. The molecule has 35 heavy (non-hydrogen) atoms. The zero-order valence-corrected chi connectivity index (χ0v) is 18.8. The second-order valence-corrected chi connectivity index (χ2v) is 8.70. The second kappa shape index (κ2) is 7.93. The number of benzene rings is 4. The van der Waals surface area contributed by atoms with E-state index in [-0.39, 0.29) is 0 Å². The molecular weight excluding hydrogens is 428 g/mol. The first-order valence-electron chi connectivity index (χ1n) is 11.7. The fraction of sp³-hybridized carbons (Fsp3) is 0. The summed E-state index contributed by atoms with van der Waals surface area (Å²) in [6.07, 6.45) is 5.38. The summed E-state index contributed by atoms with van der Waals surface area (Å²) >= 11 is 0. The maximum absolute atomic E-state index is 5.74. The molecule has 0 saturated carbocycles. The molecule has 4 aromatic carbocycles. The van der Waals surface area contributed by atoms with Crippen LogP contribution < -0.4 is 0 Å². The Bertz CT molecular complexity index is 1850. The van der Waals surface area contributed by atoms with E-state index in [2.05, 4.69) is 83.8 Å². The maximum Gasteiger partial charge on any atom is 0.160 e. The molecule has 0 aliphatic rings. The van der Waals surface area contributed by atoms with Gasteiger partial charge in [0.2, 0.25) is 0 Å². The van der Waals surface area contributed by atoms with Crippen molar-refractivity contribution in [1.82, 2.24) is 9.97 Å². The fourth-order valence-electron chi connectivity index (χ4n) is 4.93. The van der Waals surface area contributed by atoms with Crippen molar-refractivity contribution in [2.75, 3.05) is 0 Å². The van der Waals surface area contributed by atoms with Gasteiger partial charge in [-0.05, 0) is 63.9 Å². The van der Waals surface area contributed by atoms with E-state index in [1.165, 1.54) is 21.9 Å². The van der Waals surface area contributed by atoms with Gasteiger partial charge in [-0.2, -0.15) is 0 Å². The molecule has 0 unspecified atom stereocenters. The average molecular weight is 449 g/mol. The third-order valence-corrected chi connectivity index (χ3v) is 6.63. The van der Waals surface area contributed by atoms with Crippen LogP contribution in [0, 0.1) is 0 Å². The van der Waals surface area contributed by atoms with Crippen molar-refractivity contribution in [3.63, 3.8) is 0 Å². The number of hydrogen-bond acceptors (Lipinski definition) is 3. The van der Waals surface area contributed by atoms with Crippen molar-refractivity contribution >= 4 is 32.6 Å². The Morgan fingerprint density at radius 3 is 2.17 bits per heavy atom. The molecule has 7 rings (SSSR count). The highest BCUT2D eigenvalue weighted by atomic mass is 16.3. The molecule has 0 amide bonds. The molecule has 7 aromatic rings. The van der Waals surface area contributed by atoms with Gasteiger partial charge < -0.3 is 4.42 Å². The Balaban J connectivity index is 1.40. The molecule has 0 fully saturated rings. The Morgan fingerprint density at radius 2 is 1.29 bits per heavy atom. The van der Waals surface area contributed by atoms with E-state index in [0.717, 1.165) is 44.3 Å². The van der Waals surface area contributed by atoms with Crippen LogP contribution >= 0.6 is 0 Å². The number of fused-ring (bicyclic) bond motifs is 4. The summed E-state index contributed by atoms with van der Waals surface area (Å²) < 4.78 is 5.74. The maximum atomic E-state index is 5.74. The van der Waals surface area contributed by atoms with Gasteiger partial charge in [0.15, 0.2) is 5.58 Å². The van der Waals surface area contributed by atoms with Gasteiger partial charge in [0.1, 0.15) is 5.52 Å². The number of pyridine rings is 2. The lowest BCUT2D eigenvalue weighted by molar-refractivity contribution is 0.618. The van der Waals surface area contributed by atoms with Crippen LogP contribution in [0.15, 0.2) is 126 Å². The van der Waals surface area contributed by atoms with Crippen molar-refractivity contribution in [3.05, 3.63) is 122 Å². The van der Waals surface area contributed by atoms with Crippen LogP contribution in [-0.2, 0) is 0 Å². The summed E-state index contributed by atoms with van der Waals surface area (Å²) in [5, 5.41) is 4.47. The van der Waals surface area contributed by atoms with E-state index >= 15 is 0 Å². The van der Waals surface area contributed by atoms with Gasteiger partial charge in [0, 0.05) is 34.3 Å².